The molecule has 3 heterocycles. The summed E-state index contributed by atoms with van der Waals surface area (Å²) >= 11 is 0. The van der Waals surface area contributed by atoms with Gasteiger partial charge in [-0.3, -0.25) is 0 Å². The molecule has 0 aromatic heterocycles. The van der Waals surface area contributed by atoms with Crippen LogP contribution in [0.1, 0.15) is 0 Å². The summed E-state index contributed by atoms with van der Waals surface area (Å²) in [5.74, 6) is 0. The van der Waals surface area contributed by atoms with Crippen molar-refractivity contribution in [1.29, 1.82) is 0 Å². The summed E-state index contributed by atoms with van der Waals surface area (Å²) in [7, 11) is 2.75. The Morgan fingerprint density at radius 3 is 1.73 bits per heavy atom. The fourth-order valence-corrected chi connectivity index (χ4v) is 2.79. The molecule has 0 N–H and O–H groups in total. The van der Waals surface area contributed by atoms with Crippen LogP contribution in [0.4, 0.5) is 0 Å². The second kappa shape index (κ2) is 2.24. The highest BCUT2D eigenvalue weighted by molar-refractivity contribution is 6.24. The minimum atomic E-state index is 0.317. The largest absolute Gasteiger partial charge is 0.506 e. The number of nitrogens with zero attached hydrogens (tertiary/aromatic N) is 2. The number of piperazine rings is 3. The van der Waals surface area contributed by atoms with Crippen LogP contribution in [-0.2, 0) is 0 Å². The molecule has 64 valence electrons. The molecule has 0 unspecified atom stereocenters. The Kier molecular flexibility index (Phi) is 1.55. The van der Waals surface area contributed by atoms with Crippen LogP contribution >= 0.6 is 0 Å². The smallest absolute Gasteiger partial charge is 0.180 e. The molecule has 3 saturated heterocycles. The van der Waals surface area contributed by atoms with Crippen LogP contribution in [0.2, 0.25) is 6.82 Å². The molecule has 3 fully saturated rings. The number of rotatable bonds is 1. The zero-order chi connectivity index (χ0) is 7.95. The van der Waals surface area contributed by atoms with Crippen LogP contribution in [0.5, 0.6) is 0 Å². The number of hydrogen-bond donors (Lipinski definition) is 0. The summed E-state index contributed by atoms with van der Waals surface area (Å²) in [4.78, 5) is 0. The average molecular weight is 155 g/mol. The van der Waals surface area contributed by atoms with Gasteiger partial charge in [0, 0.05) is 0 Å². The Morgan fingerprint density at radius 2 is 1.36 bits per heavy atom. The van der Waals surface area contributed by atoms with Crippen LogP contribution in [0.3, 0.4) is 0 Å². The summed E-state index contributed by atoms with van der Waals surface area (Å²) in [5, 5.41) is 0. The highest BCUT2D eigenvalue weighted by Crippen LogP contribution is 2.22. The second-order valence-corrected chi connectivity index (χ2v) is 5.03. The summed E-state index contributed by atoms with van der Waals surface area (Å²) in [6, 6.07) is 0. The molecule has 0 atom stereocenters. The first kappa shape index (κ1) is 7.62. The Morgan fingerprint density at radius 1 is 0.909 bits per heavy atom. The summed E-state index contributed by atoms with van der Waals surface area (Å²) < 4.78 is 2.93. The molecule has 3 heteroatoms. The van der Waals surface area contributed by atoms with Gasteiger partial charge in [-0.25, -0.2) is 0 Å². The van der Waals surface area contributed by atoms with E-state index in [2.05, 4.69) is 13.9 Å². The number of fused-ring (bicyclic) bond motifs is 3. The maximum atomic E-state index is 2.47. The Balaban J connectivity index is 2.12. The van der Waals surface area contributed by atoms with Gasteiger partial charge in [0.05, 0.1) is 26.7 Å². The molecule has 0 aromatic rings. The first-order valence-electron chi connectivity index (χ1n) is 5.29. The molecule has 11 heavy (non-hydrogen) atoms. The van der Waals surface area contributed by atoms with Crippen molar-refractivity contribution in [3.8, 4) is 0 Å². The van der Waals surface area contributed by atoms with Crippen molar-refractivity contribution in [3.05, 3.63) is 0 Å². The van der Waals surface area contributed by atoms with Crippen LogP contribution in [0.15, 0.2) is 0 Å². The molecule has 2 bridgehead atoms. The van der Waals surface area contributed by atoms with E-state index < -0.39 is 0 Å². The van der Waals surface area contributed by atoms with Gasteiger partial charge in [-0.15, -0.1) is 6.82 Å². The van der Waals surface area contributed by atoms with Gasteiger partial charge in [-0.1, -0.05) is 0 Å². The Bertz CT molecular complexity index is 145. The first-order chi connectivity index (χ1) is 5.18. The Labute approximate surface area is 70.2 Å². The van der Waals surface area contributed by atoms with E-state index in [0.717, 1.165) is 0 Å². The third kappa shape index (κ3) is 1.11. The second-order valence-electron chi connectivity index (χ2n) is 5.03. The molecular weight excluding hydrogens is 135 g/mol. The lowest BCUT2D eigenvalue weighted by atomic mass is 9.86. The number of quaternary nitrogens is 2. The first-order valence-corrected chi connectivity index (χ1v) is 5.29. The van der Waals surface area contributed by atoms with Crippen molar-refractivity contribution < 1.29 is 8.88 Å². The van der Waals surface area contributed by atoms with Gasteiger partial charge in [0.15, 0.2) is 7.41 Å². The molecule has 0 radical (unpaired) electrons. The van der Waals surface area contributed by atoms with Gasteiger partial charge in [0.1, 0.15) is 19.6 Å². The SMILES string of the molecule is C[BH2-][N+]12CC[N+](C)(CC1)CC2. The van der Waals surface area contributed by atoms with E-state index in [9.17, 15) is 0 Å². The third-order valence-electron chi connectivity index (χ3n) is 4.49. The van der Waals surface area contributed by atoms with E-state index in [1.54, 1.807) is 4.39 Å². The quantitative estimate of drug-likeness (QED) is 0.350. The van der Waals surface area contributed by atoms with E-state index in [1.807, 2.05) is 0 Å². The molecule has 0 aromatic carbocycles. The third-order valence-corrected chi connectivity index (χ3v) is 4.49. The van der Waals surface area contributed by atoms with Crippen LogP contribution < -0.4 is 0 Å². The monoisotopic (exact) mass is 155 g/mol. The zero-order valence-corrected chi connectivity index (χ0v) is 8.14. The lowest BCUT2D eigenvalue weighted by Gasteiger charge is -2.59. The molecule has 0 amide bonds. The van der Waals surface area contributed by atoms with Crippen LogP contribution in [0.25, 0.3) is 0 Å². The highest BCUT2D eigenvalue weighted by Gasteiger charge is 2.41. The van der Waals surface area contributed by atoms with Crippen molar-refractivity contribution in [2.45, 2.75) is 6.82 Å². The van der Waals surface area contributed by atoms with Crippen molar-refractivity contribution in [2.75, 3.05) is 46.3 Å². The maximum Gasteiger partial charge on any atom is 0.180 e. The fraction of sp³-hybridized carbons (Fsp3) is 1.00. The number of hydrogen-bond acceptors (Lipinski definition) is 0. The van der Waals surface area contributed by atoms with Crippen molar-refractivity contribution in [1.82, 2.24) is 0 Å². The van der Waals surface area contributed by atoms with E-state index in [-0.39, 0.29) is 0 Å². The molecule has 0 aliphatic carbocycles. The topological polar surface area (TPSA) is 0 Å². The molecule has 0 spiro atoms. The van der Waals surface area contributed by atoms with Crippen LogP contribution in [-0.4, -0.2) is 62.6 Å². The van der Waals surface area contributed by atoms with E-state index in [4.69, 9.17) is 0 Å². The van der Waals surface area contributed by atoms with Crippen LogP contribution in [0, 0.1) is 0 Å². The molecule has 3 rings (SSSR count). The van der Waals surface area contributed by atoms with E-state index in [0.29, 0.717) is 7.41 Å². The summed E-state index contributed by atoms with van der Waals surface area (Å²) in [5.41, 5.74) is 0. The van der Waals surface area contributed by atoms with Crippen molar-refractivity contribution >= 4 is 7.41 Å². The van der Waals surface area contributed by atoms with Gasteiger partial charge in [-0.2, -0.15) is 0 Å². The predicted molar refractivity (Wildman–Crippen MR) is 50.1 cm³/mol. The normalized spacial score (nSPS) is 49.6. The lowest BCUT2D eigenvalue weighted by Crippen LogP contribution is -2.74. The van der Waals surface area contributed by atoms with E-state index >= 15 is 0 Å². The molecule has 2 nitrogen and oxygen atoms in total. The van der Waals surface area contributed by atoms with Gasteiger partial charge in [0.25, 0.3) is 0 Å². The summed E-state index contributed by atoms with van der Waals surface area (Å²) in [6.07, 6.45) is 0. The zero-order valence-electron chi connectivity index (χ0n) is 8.14. The Hall–Kier alpha value is -0.0151. The minimum absolute atomic E-state index is 0.317. The summed E-state index contributed by atoms with van der Waals surface area (Å²) in [6.45, 7) is 11.3. The number of likely N-dealkylation sites (N-methyl/N-ethyl adjacent to an activating group) is 1. The fourth-order valence-electron chi connectivity index (χ4n) is 2.79. The van der Waals surface area contributed by atoms with Gasteiger partial charge in [-0.05, 0) is 0 Å². The molecule has 0 saturated carbocycles. The van der Waals surface area contributed by atoms with Gasteiger partial charge < -0.3 is 8.88 Å². The molecule has 3 aliphatic heterocycles. The van der Waals surface area contributed by atoms with Crippen molar-refractivity contribution in [3.63, 3.8) is 0 Å². The van der Waals surface area contributed by atoms with E-state index in [1.165, 1.54) is 43.8 Å². The average Bonchev–Trinajstić information content (AvgIpc) is 2.07. The highest BCUT2D eigenvalue weighted by atomic mass is 15.5. The van der Waals surface area contributed by atoms with Crippen molar-refractivity contribution in [2.24, 2.45) is 0 Å². The predicted octanol–water partition coefficient (Wildman–Crippen LogP) is -0.591. The molecular formula is C8H20BN2+. The standard InChI is InChI=1S/C8H20BN2/c1-9-11-6-3-10(2,4-7-11)5-8-11/h3-9H2,1-2H3/q+1. The molecule has 3 aliphatic rings. The van der Waals surface area contributed by atoms with Gasteiger partial charge >= 0.3 is 0 Å². The minimum Gasteiger partial charge on any atom is -0.506 e. The lowest BCUT2D eigenvalue weighted by molar-refractivity contribution is -1.03. The maximum absolute atomic E-state index is 2.47. The van der Waals surface area contributed by atoms with Gasteiger partial charge in [0.2, 0.25) is 0 Å².